The van der Waals surface area contributed by atoms with E-state index in [-0.39, 0.29) is 10.8 Å². The summed E-state index contributed by atoms with van der Waals surface area (Å²) in [6, 6.07) is 2.39. The van der Waals surface area contributed by atoms with E-state index in [1.807, 2.05) is 0 Å². The molecular formula is C12H13F3N2O5S. The van der Waals surface area contributed by atoms with Crippen LogP contribution in [0.15, 0.2) is 23.2 Å². The molecule has 1 fully saturated rings. The normalized spacial score (nSPS) is 23.0. The molecule has 1 N–H and O–H groups in total. The second-order valence-electron chi connectivity index (χ2n) is 4.95. The largest absolute Gasteiger partial charge is 0.481 e. The lowest BCUT2D eigenvalue weighted by Gasteiger charge is -2.18. The number of carboxylic acid groups (broad SMARTS) is 1. The minimum Gasteiger partial charge on any atom is -0.481 e. The van der Waals surface area contributed by atoms with Crippen molar-refractivity contribution in [2.75, 3.05) is 20.2 Å². The van der Waals surface area contributed by atoms with Gasteiger partial charge in [-0.15, -0.1) is 0 Å². The van der Waals surface area contributed by atoms with Gasteiger partial charge in [-0.1, -0.05) is 0 Å². The number of carboxylic acids is 1. The summed E-state index contributed by atoms with van der Waals surface area (Å²) in [6.07, 6.45) is -3.85. The van der Waals surface area contributed by atoms with Gasteiger partial charge in [0.25, 0.3) is 0 Å². The molecule has 0 aromatic carbocycles. The quantitative estimate of drug-likeness (QED) is 0.866. The standard InChI is InChI=1S/C12H13F3N2O5S/c1-22-10-3-2-7(4-16-10)23(20,21)17-5-8(11(18)19)9(6-17)12(13,14)15/h2-4,8-9H,5-6H2,1H3,(H,18,19)/t8-,9-/m1/s1. The zero-order chi connectivity index (χ0) is 17.4. The number of hydrogen-bond acceptors (Lipinski definition) is 5. The molecule has 0 radical (unpaired) electrons. The highest BCUT2D eigenvalue weighted by molar-refractivity contribution is 7.89. The first-order chi connectivity index (χ1) is 10.6. The molecule has 0 saturated carbocycles. The number of ether oxygens (including phenoxy) is 1. The van der Waals surface area contributed by atoms with Crippen molar-refractivity contribution in [3.05, 3.63) is 18.3 Å². The summed E-state index contributed by atoms with van der Waals surface area (Å²) in [5.41, 5.74) is 0. The maximum Gasteiger partial charge on any atom is 0.393 e. The smallest absolute Gasteiger partial charge is 0.393 e. The Bertz CT molecular complexity index is 690. The Balaban J connectivity index is 2.31. The SMILES string of the molecule is COc1ccc(S(=O)(=O)N2C[C@@H](C(F)(F)F)[C@H](C(=O)O)C2)cn1. The average Bonchev–Trinajstić information content (AvgIpc) is 2.93. The van der Waals surface area contributed by atoms with Crippen molar-refractivity contribution in [3.8, 4) is 5.88 Å². The molecule has 2 heterocycles. The maximum atomic E-state index is 12.9. The average molecular weight is 354 g/mol. The molecule has 2 atom stereocenters. The van der Waals surface area contributed by atoms with Gasteiger partial charge >= 0.3 is 12.1 Å². The van der Waals surface area contributed by atoms with Crippen molar-refractivity contribution >= 4 is 16.0 Å². The molecule has 11 heteroatoms. The van der Waals surface area contributed by atoms with Gasteiger partial charge in [-0.25, -0.2) is 13.4 Å². The molecule has 0 bridgehead atoms. The predicted molar refractivity (Wildman–Crippen MR) is 70.2 cm³/mol. The van der Waals surface area contributed by atoms with E-state index in [4.69, 9.17) is 9.84 Å². The van der Waals surface area contributed by atoms with Gasteiger partial charge in [0.1, 0.15) is 4.90 Å². The molecule has 1 saturated heterocycles. The van der Waals surface area contributed by atoms with E-state index in [2.05, 4.69) is 4.98 Å². The minimum absolute atomic E-state index is 0.141. The molecule has 1 aliphatic rings. The van der Waals surface area contributed by atoms with Crippen LogP contribution in [0.3, 0.4) is 0 Å². The molecule has 0 aliphatic carbocycles. The number of rotatable bonds is 4. The van der Waals surface area contributed by atoms with Crippen molar-refractivity contribution in [1.82, 2.24) is 9.29 Å². The number of hydrogen-bond donors (Lipinski definition) is 1. The van der Waals surface area contributed by atoms with E-state index in [1.165, 1.54) is 13.2 Å². The Hall–Kier alpha value is -1.88. The van der Waals surface area contributed by atoms with Gasteiger partial charge in [-0.05, 0) is 6.07 Å². The Morgan fingerprint density at radius 3 is 2.43 bits per heavy atom. The van der Waals surface area contributed by atoms with Crippen LogP contribution in [0, 0.1) is 11.8 Å². The topological polar surface area (TPSA) is 96.8 Å². The fraction of sp³-hybridized carbons (Fsp3) is 0.500. The van der Waals surface area contributed by atoms with Crippen molar-refractivity contribution in [3.63, 3.8) is 0 Å². The highest BCUT2D eigenvalue weighted by atomic mass is 32.2. The van der Waals surface area contributed by atoms with Crippen LogP contribution in [-0.4, -0.2) is 55.2 Å². The number of aromatic nitrogens is 1. The van der Waals surface area contributed by atoms with Crippen LogP contribution in [0.2, 0.25) is 0 Å². The first-order valence-corrected chi connectivity index (χ1v) is 7.81. The third-order valence-electron chi connectivity index (χ3n) is 3.58. The molecule has 2 rings (SSSR count). The molecule has 0 spiro atoms. The molecule has 1 aromatic heterocycles. The molecule has 7 nitrogen and oxygen atoms in total. The van der Waals surface area contributed by atoms with Crippen LogP contribution in [0.1, 0.15) is 0 Å². The second-order valence-corrected chi connectivity index (χ2v) is 6.89. The molecule has 23 heavy (non-hydrogen) atoms. The lowest BCUT2D eigenvalue weighted by atomic mass is 9.96. The van der Waals surface area contributed by atoms with Crippen molar-refractivity contribution in [2.45, 2.75) is 11.1 Å². The van der Waals surface area contributed by atoms with E-state index >= 15 is 0 Å². The summed E-state index contributed by atoms with van der Waals surface area (Å²) in [6.45, 7) is -1.68. The van der Waals surface area contributed by atoms with Crippen molar-refractivity contribution in [2.24, 2.45) is 11.8 Å². The van der Waals surface area contributed by atoms with Crippen molar-refractivity contribution in [1.29, 1.82) is 0 Å². The lowest BCUT2D eigenvalue weighted by molar-refractivity contribution is -0.187. The first-order valence-electron chi connectivity index (χ1n) is 6.37. The first kappa shape index (κ1) is 17.5. The minimum atomic E-state index is -4.80. The third kappa shape index (κ3) is 3.39. The van der Waals surface area contributed by atoms with E-state index in [1.54, 1.807) is 0 Å². The van der Waals surface area contributed by atoms with Gasteiger partial charge in [0.2, 0.25) is 15.9 Å². The van der Waals surface area contributed by atoms with E-state index in [0.717, 1.165) is 12.3 Å². The molecule has 1 aromatic rings. The summed E-state index contributed by atoms with van der Waals surface area (Å²) in [5.74, 6) is -5.63. The van der Waals surface area contributed by atoms with Crippen LogP contribution in [0.25, 0.3) is 0 Å². The summed E-state index contributed by atoms with van der Waals surface area (Å²) < 4.78 is 68.8. The number of halogens is 3. The summed E-state index contributed by atoms with van der Waals surface area (Å²) in [5, 5.41) is 8.92. The number of pyridine rings is 1. The lowest BCUT2D eigenvalue weighted by Crippen LogP contribution is -2.34. The Morgan fingerprint density at radius 2 is 2.04 bits per heavy atom. The molecule has 0 unspecified atom stereocenters. The van der Waals surface area contributed by atoms with Crippen LogP contribution < -0.4 is 4.74 Å². The van der Waals surface area contributed by atoms with Crippen LogP contribution in [0.4, 0.5) is 13.2 Å². The molecule has 0 amide bonds. The Morgan fingerprint density at radius 1 is 1.39 bits per heavy atom. The number of sulfonamides is 1. The van der Waals surface area contributed by atoms with E-state index in [9.17, 15) is 26.4 Å². The van der Waals surface area contributed by atoms with Crippen molar-refractivity contribution < 1.29 is 36.2 Å². The fourth-order valence-electron chi connectivity index (χ4n) is 2.34. The number of aliphatic carboxylic acids is 1. The number of carbonyl (C=O) groups is 1. The van der Waals surface area contributed by atoms with Gasteiger partial charge in [0, 0.05) is 19.2 Å². The van der Waals surface area contributed by atoms with Gasteiger partial charge < -0.3 is 9.84 Å². The van der Waals surface area contributed by atoms with E-state index < -0.39 is 47.1 Å². The number of nitrogens with zero attached hydrogens (tertiary/aromatic N) is 2. The summed E-state index contributed by atoms with van der Waals surface area (Å²) in [4.78, 5) is 14.4. The Kier molecular flexibility index (Phi) is 4.53. The van der Waals surface area contributed by atoms with Gasteiger partial charge in [-0.2, -0.15) is 17.5 Å². The Labute approximate surface area is 129 Å². The highest BCUT2D eigenvalue weighted by Crippen LogP contribution is 2.39. The zero-order valence-electron chi connectivity index (χ0n) is 11.8. The molecular weight excluding hydrogens is 341 g/mol. The monoisotopic (exact) mass is 354 g/mol. The number of methoxy groups -OCH3 is 1. The second kappa shape index (κ2) is 5.96. The molecule has 128 valence electrons. The van der Waals surface area contributed by atoms with Crippen LogP contribution in [-0.2, 0) is 14.8 Å². The number of alkyl halides is 3. The zero-order valence-corrected chi connectivity index (χ0v) is 12.6. The van der Waals surface area contributed by atoms with E-state index in [0.29, 0.717) is 4.31 Å². The molecule has 1 aliphatic heterocycles. The maximum absolute atomic E-state index is 12.9. The van der Waals surface area contributed by atoms with Gasteiger partial charge in [0.05, 0.1) is 25.1 Å². The summed E-state index contributed by atoms with van der Waals surface area (Å²) >= 11 is 0. The third-order valence-corrected chi connectivity index (χ3v) is 5.40. The fourth-order valence-corrected chi connectivity index (χ4v) is 3.77. The summed E-state index contributed by atoms with van der Waals surface area (Å²) in [7, 11) is -2.95. The highest BCUT2D eigenvalue weighted by Gasteiger charge is 2.54. The van der Waals surface area contributed by atoms with Crippen LogP contribution >= 0.6 is 0 Å². The predicted octanol–water partition coefficient (Wildman–Crippen LogP) is 0.974. The van der Waals surface area contributed by atoms with Crippen LogP contribution in [0.5, 0.6) is 5.88 Å². The van der Waals surface area contributed by atoms with Gasteiger partial charge in [0.15, 0.2) is 0 Å². The van der Waals surface area contributed by atoms with Gasteiger partial charge in [-0.3, -0.25) is 4.79 Å².